The molecule has 0 spiro atoms. The van der Waals surface area contributed by atoms with E-state index in [9.17, 15) is 9.18 Å². The quantitative estimate of drug-likeness (QED) is 0.536. The van der Waals surface area contributed by atoms with Crippen LogP contribution >= 0.6 is 0 Å². The van der Waals surface area contributed by atoms with Crippen LogP contribution in [0.15, 0.2) is 29.5 Å². The van der Waals surface area contributed by atoms with Crippen LogP contribution in [0.25, 0.3) is 5.69 Å². The van der Waals surface area contributed by atoms with Gasteiger partial charge >= 0.3 is 0 Å². The molecular weight excluding hydrogens is 201 g/mol. The number of aromatic nitrogens is 4. The number of hydrogen-bond donors (Lipinski definition) is 0. The Morgan fingerprint density at radius 1 is 1.47 bits per heavy atom. The van der Waals surface area contributed by atoms with Crippen LogP contribution in [-0.4, -0.2) is 26.3 Å². The summed E-state index contributed by atoms with van der Waals surface area (Å²) < 4.78 is 14.5. The van der Waals surface area contributed by atoms with Crippen LogP contribution in [0, 0.1) is 5.82 Å². The molecule has 0 atom stereocenters. The zero-order valence-electron chi connectivity index (χ0n) is 7.33. The van der Waals surface area contributed by atoms with Crippen molar-refractivity contribution in [3.63, 3.8) is 0 Å². The number of aliphatic imine (C=N–C) groups is 1. The lowest BCUT2D eigenvalue weighted by atomic mass is 10.2. The summed E-state index contributed by atoms with van der Waals surface area (Å²) in [5, 5.41) is 10.3. The first-order valence-electron chi connectivity index (χ1n) is 3.92. The zero-order valence-corrected chi connectivity index (χ0v) is 7.33. The van der Waals surface area contributed by atoms with Crippen molar-refractivity contribution >= 4 is 11.8 Å². The third-order valence-electron chi connectivity index (χ3n) is 1.70. The van der Waals surface area contributed by atoms with Gasteiger partial charge in [0, 0.05) is 0 Å². The van der Waals surface area contributed by atoms with Crippen molar-refractivity contribution in [2.24, 2.45) is 4.99 Å². The molecule has 2 aromatic rings. The molecule has 74 valence electrons. The van der Waals surface area contributed by atoms with Gasteiger partial charge in [0.1, 0.15) is 17.8 Å². The summed E-state index contributed by atoms with van der Waals surface area (Å²) in [7, 11) is 0. The first-order chi connectivity index (χ1) is 7.31. The number of halogens is 1. The molecule has 0 bridgehead atoms. The highest BCUT2D eigenvalue weighted by Crippen LogP contribution is 2.19. The second kappa shape index (κ2) is 3.77. The average Bonchev–Trinajstić information content (AvgIpc) is 2.74. The molecule has 2 rings (SSSR count). The molecule has 0 radical (unpaired) electrons. The number of tetrazole rings is 1. The summed E-state index contributed by atoms with van der Waals surface area (Å²) in [5.41, 5.74) is 0.411. The Labute approximate surface area is 83.1 Å². The summed E-state index contributed by atoms with van der Waals surface area (Å²) >= 11 is 0. The minimum absolute atomic E-state index is 0.122. The maximum absolute atomic E-state index is 13.3. The molecule has 0 fully saturated rings. The van der Waals surface area contributed by atoms with Crippen LogP contribution in [-0.2, 0) is 4.79 Å². The van der Waals surface area contributed by atoms with Gasteiger partial charge in [-0.1, -0.05) is 0 Å². The van der Waals surface area contributed by atoms with E-state index in [4.69, 9.17) is 0 Å². The van der Waals surface area contributed by atoms with Crippen molar-refractivity contribution in [2.45, 2.75) is 0 Å². The van der Waals surface area contributed by atoms with Gasteiger partial charge in [-0.15, -0.1) is 5.10 Å². The highest BCUT2D eigenvalue weighted by molar-refractivity contribution is 5.53. The van der Waals surface area contributed by atoms with Crippen molar-refractivity contribution in [3.8, 4) is 5.69 Å². The smallest absolute Gasteiger partial charge is 0.211 e. The van der Waals surface area contributed by atoms with Crippen LogP contribution in [0.2, 0.25) is 0 Å². The maximum Gasteiger partial charge on any atom is 0.240 e. The van der Waals surface area contributed by atoms with Crippen molar-refractivity contribution in [2.75, 3.05) is 0 Å². The maximum atomic E-state index is 13.3. The summed E-state index contributed by atoms with van der Waals surface area (Å²) in [6, 6.07) is 3.87. The first-order valence-corrected chi connectivity index (χ1v) is 3.92. The normalized spacial score (nSPS) is 9.67. The highest BCUT2D eigenvalue weighted by Gasteiger charge is 2.06. The van der Waals surface area contributed by atoms with Crippen LogP contribution in [0.1, 0.15) is 0 Å². The second-order valence-electron chi connectivity index (χ2n) is 2.59. The fourth-order valence-electron chi connectivity index (χ4n) is 1.07. The van der Waals surface area contributed by atoms with E-state index in [0.717, 1.165) is 4.68 Å². The van der Waals surface area contributed by atoms with Gasteiger partial charge in [-0.25, -0.2) is 9.18 Å². The van der Waals surface area contributed by atoms with E-state index in [2.05, 4.69) is 20.5 Å². The summed E-state index contributed by atoms with van der Waals surface area (Å²) in [4.78, 5) is 13.4. The van der Waals surface area contributed by atoms with E-state index in [0.29, 0.717) is 0 Å². The van der Waals surface area contributed by atoms with Gasteiger partial charge in [-0.3, -0.25) is 0 Å². The molecule has 0 N–H and O–H groups in total. The van der Waals surface area contributed by atoms with E-state index in [1.54, 1.807) is 0 Å². The van der Waals surface area contributed by atoms with E-state index >= 15 is 0 Å². The SMILES string of the molecule is O=C=Nc1ccc(F)c(-n2cnnn2)c1. The van der Waals surface area contributed by atoms with Crippen LogP contribution < -0.4 is 0 Å². The molecule has 1 aromatic carbocycles. The molecule has 7 heteroatoms. The first kappa shape index (κ1) is 9.17. The zero-order chi connectivity index (χ0) is 10.7. The van der Waals surface area contributed by atoms with Crippen molar-refractivity contribution in [1.29, 1.82) is 0 Å². The lowest BCUT2D eigenvalue weighted by Crippen LogP contribution is -1.98. The molecule has 1 aromatic heterocycles. The van der Waals surface area contributed by atoms with Crippen LogP contribution in [0.5, 0.6) is 0 Å². The summed E-state index contributed by atoms with van der Waals surface area (Å²) in [5.74, 6) is -0.507. The molecule has 0 unspecified atom stereocenters. The Morgan fingerprint density at radius 2 is 2.33 bits per heavy atom. The molecular formula is C8H4FN5O. The van der Waals surface area contributed by atoms with Gasteiger partial charge in [-0.2, -0.15) is 9.67 Å². The molecule has 0 aliphatic heterocycles. The molecule has 0 saturated heterocycles. The van der Waals surface area contributed by atoms with Crippen LogP contribution in [0.3, 0.4) is 0 Å². The number of nitrogens with zero attached hydrogens (tertiary/aromatic N) is 5. The van der Waals surface area contributed by atoms with E-state index in [-0.39, 0.29) is 11.4 Å². The Balaban J connectivity index is 2.55. The minimum Gasteiger partial charge on any atom is -0.211 e. The summed E-state index contributed by atoms with van der Waals surface area (Å²) in [6.07, 6.45) is 2.61. The Morgan fingerprint density at radius 3 is 3.00 bits per heavy atom. The monoisotopic (exact) mass is 205 g/mol. The Kier molecular flexibility index (Phi) is 2.30. The number of carbonyl (C=O) groups excluding carboxylic acids is 1. The van der Waals surface area contributed by atoms with E-state index in [1.807, 2.05) is 0 Å². The molecule has 0 aliphatic carbocycles. The third kappa shape index (κ3) is 1.77. The lowest BCUT2D eigenvalue weighted by Gasteiger charge is -2.01. The molecule has 0 saturated carbocycles. The molecule has 15 heavy (non-hydrogen) atoms. The number of benzene rings is 1. The minimum atomic E-state index is -0.507. The van der Waals surface area contributed by atoms with Crippen molar-refractivity contribution < 1.29 is 9.18 Å². The topological polar surface area (TPSA) is 73.0 Å². The molecule has 6 nitrogen and oxygen atoms in total. The number of hydrogen-bond acceptors (Lipinski definition) is 5. The molecule has 1 heterocycles. The summed E-state index contributed by atoms with van der Waals surface area (Å²) in [6.45, 7) is 0. The van der Waals surface area contributed by atoms with Gasteiger partial charge in [-0.05, 0) is 28.6 Å². The largest absolute Gasteiger partial charge is 0.240 e. The van der Waals surface area contributed by atoms with Gasteiger partial charge in [0.15, 0.2) is 0 Å². The van der Waals surface area contributed by atoms with E-state index in [1.165, 1.54) is 30.6 Å². The fourth-order valence-corrected chi connectivity index (χ4v) is 1.07. The number of isocyanates is 1. The van der Waals surface area contributed by atoms with Gasteiger partial charge in [0.05, 0.1) is 5.69 Å². The fraction of sp³-hybridized carbons (Fsp3) is 0. The van der Waals surface area contributed by atoms with Crippen molar-refractivity contribution in [3.05, 3.63) is 30.3 Å². The highest BCUT2D eigenvalue weighted by atomic mass is 19.1. The van der Waals surface area contributed by atoms with Crippen molar-refractivity contribution in [1.82, 2.24) is 20.2 Å². The average molecular weight is 205 g/mol. The lowest BCUT2D eigenvalue weighted by molar-refractivity contribution is 0.565. The Hall–Kier alpha value is -2.40. The second-order valence-corrected chi connectivity index (χ2v) is 2.59. The molecule has 0 amide bonds. The molecule has 0 aliphatic rings. The predicted molar refractivity (Wildman–Crippen MR) is 46.9 cm³/mol. The van der Waals surface area contributed by atoms with Crippen LogP contribution in [0.4, 0.5) is 10.1 Å². The van der Waals surface area contributed by atoms with Gasteiger partial charge in [0.2, 0.25) is 6.08 Å². The number of rotatable bonds is 2. The van der Waals surface area contributed by atoms with Gasteiger partial charge < -0.3 is 0 Å². The van der Waals surface area contributed by atoms with E-state index < -0.39 is 5.82 Å². The standard InChI is InChI=1S/C8H4FN5O/c9-7-2-1-6(10-5-15)3-8(7)14-4-11-12-13-14/h1-4H. The van der Waals surface area contributed by atoms with Gasteiger partial charge in [0.25, 0.3) is 0 Å². The predicted octanol–water partition coefficient (Wildman–Crippen LogP) is 0.769. The Bertz CT molecular complexity index is 518. The third-order valence-corrected chi connectivity index (χ3v) is 1.70.